The summed E-state index contributed by atoms with van der Waals surface area (Å²) in [6.45, 7) is 9.55. The van der Waals surface area contributed by atoms with Crippen molar-refractivity contribution in [2.24, 2.45) is 13.0 Å². The second-order valence-corrected chi connectivity index (χ2v) is 7.73. The smallest absolute Gasteiger partial charge is 0.273 e. The van der Waals surface area contributed by atoms with Gasteiger partial charge in [0, 0.05) is 42.9 Å². The second-order valence-electron chi connectivity index (χ2n) is 7.73. The molecule has 1 unspecified atom stereocenters. The average Bonchev–Trinajstić information content (AvgIpc) is 2.77. The zero-order chi connectivity index (χ0) is 22.7. The molecule has 2 aromatic carbocycles. The summed E-state index contributed by atoms with van der Waals surface area (Å²) in [5.41, 5.74) is 4.44. The summed E-state index contributed by atoms with van der Waals surface area (Å²) in [6.07, 6.45) is 3.38. The maximum Gasteiger partial charge on any atom is 0.273 e. The van der Waals surface area contributed by atoms with Crippen LogP contribution >= 0.6 is 0 Å². The Balaban J connectivity index is 2.22. The summed E-state index contributed by atoms with van der Waals surface area (Å²) in [5, 5.41) is 2.94. The molecule has 1 heterocycles. The molecule has 1 aromatic heterocycles. The summed E-state index contributed by atoms with van der Waals surface area (Å²) in [6, 6.07) is 13.2. The summed E-state index contributed by atoms with van der Waals surface area (Å²) in [4.78, 5) is 25.2. The van der Waals surface area contributed by atoms with Gasteiger partial charge in [0.25, 0.3) is 5.56 Å². The van der Waals surface area contributed by atoms with E-state index < -0.39 is 0 Å². The van der Waals surface area contributed by atoms with Gasteiger partial charge in [-0.15, -0.1) is 6.58 Å². The van der Waals surface area contributed by atoms with Gasteiger partial charge in [-0.25, -0.2) is 0 Å². The molecule has 0 aliphatic rings. The minimum Gasteiger partial charge on any atom is -0.456 e. The number of carbonyl (C=O) groups is 1. The number of allylic oxidation sites excluding steroid dienone is 1. The number of nitrogens with zero attached hydrogens (tertiary/aromatic N) is 1. The summed E-state index contributed by atoms with van der Waals surface area (Å²) < 4.78 is 7.87. The van der Waals surface area contributed by atoms with Crippen molar-refractivity contribution < 1.29 is 9.53 Å². The summed E-state index contributed by atoms with van der Waals surface area (Å²) in [7, 11) is 3.41. The fourth-order valence-corrected chi connectivity index (χ4v) is 3.48. The topological polar surface area (TPSA) is 60.3 Å². The molecule has 0 aliphatic carbocycles. The molecule has 0 spiro atoms. The summed E-state index contributed by atoms with van der Waals surface area (Å²) in [5.74, 6) is 1.07. The van der Waals surface area contributed by atoms with Crippen LogP contribution in [0, 0.1) is 19.8 Å². The molecular formula is C26H28N2O3. The Morgan fingerprint density at radius 3 is 2.45 bits per heavy atom. The van der Waals surface area contributed by atoms with E-state index in [9.17, 15) is 9.59 Å². The first-order chi connectivity index (χ1) is 14.8. The predicted octanol–water partition coefficient (Wildman–Crippen LogP) is 5.51. The third-order valence-electron chi connectivity index (χ3n) is 5.42. The second kappa shape index (κ2) is 9.04. The Labute approximate surface area is 183 Å². The van der Waals surface area contributed by atoms with Crippen molar-refractivity contribution in [1.82, 2.24) is 4.57 Å². The van der Waals surface area contributed by atoms with Crippen LogP contribution in [0.3, 0.4) is 0 Å². The predicted molar refractivity (Wildman–Crippen MR) is 126 cm³/mol. The number of ether oxygens (including phenoxy) is 1. The molecule has 5 nitrogen and oxygen atoms in total. The monoisotopic (exact) mass is 416 g/mol. The number of aromatic nitrogens is 1. The molecule has 5 heteroatoms. The van der Waals surface area contributed by atoms with Gasteiger partial charge < -0.3 is 14.6 Å². The Kier molecular flexibility index (Phi) is 6.44. The van der Waals surface area contributed by atoms with Gasteiger partial charge in [-0.3, -0.25) is 9.59 Å². The lowest BCUT2D eigenvalue weighted by Crippen LogP contribution is -2.19. The van der Waals surface area contributed by atoms with Gasteiger partial charge in [0.1, 0.15) is 17.2 Å². The largest absolute Gasteiger partial charge is 0.456 e. The molecule has 0 fully saturated rings. The standard InChI is InChI=1S/C26H28N2O3/c1-7-16(2)24(29)19-11-12-23(31-25-17(3)9-8-10-18(25)4)21(13-19)20-14-22(27-5)26(30)28(6)15-20/h7-16,27H,1H2,2-6H3. The van der Waals surface area contributed by atoms with Crippen molar-refractivity contribution in [2.75, 3.05) is 12.4 Å². The first-order valence-corrected chi connectivity index (χ1v) is 10.2. The summed E-state index contributed by atoms with van der Waals surface area (Å²) >= 11 is 0. The van der Waals surface area contributed by atoms with Crippen LogP contribution in [0.1, 0.15) is 28.4 Å². The van der Waals surface area contributed by atoms with Crippen molar-refractivity contribution in [3.05, 3.63) is 88.4 Å². The fourth-order valence-electron chi connectivity index (χ4n) is 3.48. The van der Waals surface area contributed by atoms with Crippen molar-refractivity contribution in [3.63, 3.8) is 0 Å². The average molecular weight is 417 g/mol. The van der Waals surface area contributed by atoms with Crippen molar-refractivity contribution in [1.29, 1.82) is 0 Å². The van der Waals surface area contributed by atoms with E-state index in [4.69, 9.17) is 4.74 Å². The lowest BCUT2D eigenvalue weighted by Gasteiger charge is -2.17. The molecule has 31 heavy (non-hydrogen) atoms. The van der Waals surface area contributed by atoms with Crippen LogP contribution in [0.15, 0.2) is 66.1 Å². The minimum atomic E-state index is -0.300. The number of carbonyl (C=O) groups excluding carboxylic acids is 1. The highest BCUT2D eigenvalue weighted by Crippen LogP contribution is 2.37. The van der Waals surface area contributed by atoms with E-state index in [1.54, 1.807) is 38.5 Å². The molecule has 0 radical (unpaired) electrons. The lowest BCUT2D eigenvalue weighted by atomic mass is 9.95. The number of hydrogen-bond acceptors (Lipinski definition) is 4. The van der Waals surface area contributed by atoms with Gasteiger partial charge in [0.05, 0.1) is 0 Å². The van der Waals surface area contributed by atoms with E-state index in [1.165, 1.54) is 4.57 Å². The third kappa shape index (κ3) is 4.45. The highest BCUT2D eigenvalue weighted by molar-refractivity contribution is 6.00. The zero-order valence-electron chi connectivity index (χ0n) is 18.7. The molecule has 160 valence electrons. The quantitative estimate of drug-likeness (QED) is 0.408. The van der Waals surface area contributed by atoms with Crippen LogP contribution in [0.4, 0.5) is 5.69 Å². The fraction of sp³-hybridized carbons (Fsp3) is 0.231. The SMILES string of the molecule is C=CC(C)C(=O)c1ccc(Oc2c(C)cccc2C)c(-c2cc(NC)c(=O)n(C)c2)c1. The maximum absolute atomic E-state index is 12.8. The normalized spacial score (nSPS) is 11.6. The van der Waals surface area contributed by atoms with Gasteiger partial charge in [0.2, 0.25) is 0 Å². The van der Waals surface area contributed by atoms with E-state index in [0.717, 1.165) is 28.0 Å². The molecule has 3 aromatic rings. The molecule has 0 saturated heterocycles. The number of hydrogen-bond donors (Lipinski definition) is 1. The van der Waals surface area contributed by atoms with Crippen LogP contribution in [0.5, 0.6) is 11.5 Å². The number of anilines is 1. The van der Waals surface area contributed by atoms with E-state index in [2.05, 4.69) is 11.9 Å². The van der Waals surface area contributed by atoms with Crippen LogP contribution in [0.25, 0.3) is 11.1 Å². The number of pyridine rings is 1. The Bertz CT molecular complexity index is 1190. The molecule has 0 amide bonds. The van der Waals surface area contributed by atoms with Crippen LogP contribution in [-0.4, -0.2) is 17.4 Å². The Morgan fingerprint density at radius 2 is 1.84 bits per heavy atom. The molecule has 1 atom stereocenters. The number of Topliss-reactive ketones (excluding diaryl/α,β-unsaturated/α-hetero) is 1. The zero-order valence-corrected chi connectivity index (χ0v) is 18.7. The molecule has 0 aliphatic heterocycles. The van der Waals surface area contributed by atoms with Gasteiger partial charge >= 0.3 is 0 Å². The highest BCUT2D eigenvalue weighted by atomic mass is 16.5. The van der Waals surface area contributed by atoms with Gasteiger partial charge in [-0.05, 0) is 49.2 Å². The molecule has 1 N–H and O–H groups in total. The third-order valence-corrected chi connectivity index (χ3v) is 5.42. The van der Waals surface area contributed by atoms with Crippen LogP contribution in [-0.2, 0) is 7.05 Å². The number of rotatable bonds is 7. The number of nitrogens with one attached hydrogen (secondary N) is 1. The van der Waals surface area contributed by atoms with E-state index in [1.807, 2.05) is 51.1 Å². The highest BCUT2D eigenvalue weighted by Gasteiger charge is 2.18. The van der Waals surface area contributed by atoms with E-state index in [-0.39, 0.29) is 17.3 Å². The molecule has 3 rings (SSSR count). The molecule has 0 bridgehead atoms. The Hall–Kier alpha value is -3.60. The van der Waals surface area contributed by atoms with Gasteiger partial charge in [0.15, 0.2) is 5.78 Å². The first kappa shape index (κ1) is 22.1. The number of aryl methyl sites for hydroxylation is 3. The molecule has 0 saturated carbocycles. The number of benzene rings is 2. The molecular weight excluding hydrogens is 388 g/mol. The van der Waals surface area contributed by atoms with Gasteiger partial charge in [-0.1, -0.05) is 31.2 Å². The maximum atomic E-state index is 12.8. The lowest BCUT2D eigenvalue weighted by molar-refractivity contribution is 0.0953. The van der Waals surface area contributed by atoms with Crippen molar-refractivity contribution in [2.45, 2.75) is 20.8 Å². The van der Waals surface area contributed by atoms with E-state index in [0.29, 0.717) is 17.0 Å². The number of para-hydroxylation sites is 1. The Morgan fingerprint density at radius 1 is 1.16 bits per heavy atom. The van der Waals surface area contributed by atoms with Crippen LogP contribution in [0.2, 0.25) is 0 Å². The number of ketones is 1. The van der Waals surface area contributed by atoms with E-state index >= 15 is 0 Å². The van der Waals surface area contributed by atoms with Crippen molar-refractivity contribution >= 4 is 11.5 Å². The van der Waals surface area contributed by atoms with Crippen LogP contribution < -0.4 is 15.6 Å². The van der Waals surface area contributed by atoms with Crippen molar-refractivity contribution in [3.8, 4) is 22.6 Å². The van der Waals surface area contributed by atoms with Gasteiger partial charge in [-0.2, -0.15) is 0 Å². The minimum absolute atomic E-state index is 0.0199. The first-order valence-electron chi connectivity index (χ1n) is 10.2.